The van der Waals surface area contributed by atoms with E-state index >= 15 is 0 Å². The van der Waals surface area contributed by atoms with Gasteiger partial charge >= 0.3 is 0 Å². The third-order valence-corrected chi connectivity index (χ3v) is 11.6. The summed E-state index contributed by atoms with van der Waals surface area (Å²) < 4.78 is 57.6. The average molecular weight is 917 g/mol. The molecule has 356 valence electrons. The second kappa shape index (κ2) is 19.1. The molecule has 64 heavy (non-hydrogen) atoms. The van der Waals surface area contributed by atoms with Crippen LogP contribution in [0.1, 0.15) is 20.8 Å². The third-order valence-electron chi connectivity index (χ3n) is 11.6. The third kappa shape index (κ3) is 8.95. The van der Waals surface area contributed by atoms with E-state index < -0.39 is 169 Å². The van der Waals surface area contributed by atoms with Gasteiger partial charge in [0.1, 0.15) is 90.0 Å². The summed E-state index contributed by atoms with van der Waals surface area (Å²) in [6.07, 6.45) is -33.3. The van der Waals surface area contributed by atoms with Gasteiger partial charge in [0.15, 0.2) is 35.9 Å². The Kier molecular flexibility index (Phi) is 14.3. The summed E-state index contributed by atoms with van der Waals surface area (Å²) in [4.78, 5) is 14.7. The molecule has 24 nitrogen and oxygen atoms in total. The molecule has 0 saturated carbocycles. The largest absolute Gasteiger partial charge is 0.508 e. The highest BCUT2D eigenvalue weighted by Gasteiger charge is 2.52. The molecule has 0 spiro atoms. The molecule has 4 saturated heterocycles. The number of fused-ring (bicyclic) bond motifs is 1. The van der Waals surface area contributed by atoms with Crippen molar-refractivity contribution in [2.24, 2.45) is 0 Å². The fraction of sp³-hybridized carbons (Fsp3) is 0.625. The highest BCUT2D eigenvalue weighted by molar-refractivity contribution is 5.91. The van der Waals surface area contributed by atoms with Crippen LogP contribution in [0.15, 0.2) is 39.5 Å². The monoisotopic (exact) mass is 916 g/mol. The molecule has 24 heteroatoms. The number of phenols is 2. The van der Waals surface area contributed by atoms with Crippen molar-refractivity contribution in [1.82, 2.24) is 0 Å². The van der Waals surface area contributed by atoms with Crippen molar-refractivity contribution in [1.29, 1.82) is 0 Å². The SMILES string of the molecule is COc1c(O[C@@H]2O[C@@H](C)[C@H](O)[C@@H](O)[C@H]2O)cc2oc(-c3ccc(O)cc3)c(O[C@@H]3O[C@H](CO[C@@H]4O[C@@H](C)[C@H](O)[C@@H](O)[C@H]4O)[C@H](O)[C@H](O)[C@H]3O[C@@H]3O[C@@H](C)[C@H](O)[C@@H](O)[C@H]3O)c(=O)c2c1O. The Labute approximate surface area is 362 Å². The topological polar surface area (TPSA) is 376 Å². The Morgan fingerprint density at radius 1 is 0.578 bits per heavy atom. The zero-order chi connectivity index (χ0) is 46.6. The van der Waals surface area contributed by atoms with E-state index in [0.717, 1.165) is 13.2 Å². The lowest BCUT2D eigenvalue weighted by Gasteiger charge is -2.46. The van der Waals surface area contributed by atoms with Gasteiger partial charge in [0.2, 0.25) is 29.5 Å². The molecule has 0 amide bonds. The molecule has 20 atom stereocenters. The number of aliphatic hydroxyl groups excluding tert-OH is 11. The van der Waals surface area contributed by atoms with Gasteiger partial charge in [0, 0.05) is 11.6 Å². The molecular formula is C40H52O24. The van der Waals surface area contributed by atoms with E-state index in [9.17, 15) is 71.2 Å². The Morgan fingerprint density at radius 3 is 1.69 bits per heavy atom. The Bertz CT molecular complexity index is 2130. The summed E-state index contributed by atoms with van der Waals surface area (Å²) in [5, 5.41) is 138. The van der Waals surface area contributed by atoms with Gasteiger partial charge in [-0.05, 0) is 45.0 Å². The number of hydrogen-bond donors (Lipinski definition) is 13. The van der Waals surface area contributed by atoms with Crippen LogP contribution in [0, 0.1) is 0 Å². The fourth-order valence-electron chi connectivity index (χ4n) is 7.73. The lowest BCUT2D eigenvalue weighted by atomic mass is 9.97. The van der Waals surface area contributed by atoms with Crippen molar-refractivity contribution in [3.8, 4) is 40.1 Å². The van der Waals surface area contributed by atoms with Gasteiger partial charge in [-0.3, -0.25) is 4.79 Å². The van der Waals surface area contributed by atoms with Crippen LogP contribution in [0.3, 0.4) is 0 Å². The summed E-state index contributed by atoms with van der Waals surface area (Å²) in [5.74, 6) is -3.19. The van der Waals surface area contributed by atoms with Gasteiger partial charge in [-0.1, -0.05) is 0 Å². The molecule has 5 heterocycles. The maximum Gasteiger partial charge on any atom is 0.239 e. The molecule has 7 rings (SSSR count). The van der Waals surface area contributed by atoms with Crippen LogP contribution in [-0.2, 0) is 28.4 Å². The van der Waals surface area contributed by atoms with E-state index in [1.54, 1.807) is 0 Å². The minimum Gasteiger partial charge on any atom is -0.508 e. The predicted octanol–water partition coefficient (Wildman–Crippen LogP) is -4.03. The summed E-state index contributed by atoms with van der Waals surface area (Å²) >= 11 is 0. The highest BCUT2D eigenvalue weighted by Crippen LogP contribution is 2.46. The highest BCUT2D eigenvalue weighted by atomic mass is 16.8. The van der Waals surface area contributed by atoms with Gasteiger partial charge < -0.3 is 113 Å². The van der Waals surface area contributed by atoms with Crippen molar-refractivity contribution >= 4 is 11.0 Å². The van der Waals surface area contributed by atoms with E-state index in [4.69, 9.17) is 47.0 Å². The van der Waals surface area contributed by atoms with Crippen LogP contribution in [0.25, 0.3) is 22.3 Å². The van der Waals surface area contributed by atoms with E-state index in [1.165, 1.54) is 45.0 Å². The number of aromatic hydroxyl groups is 2. The van der Waals surface area contributed by atoms with Gasteiger partial charge in [-0.2, -0.15) is 0 Å². The quantitative estimate of drug-likeness (QED) is 0.0871. The first-order valence-corrected chi connectivity index (χ1v) is 20.1. The Morgan fingerprint density at radius 2 is 1.11 bits per heavy atom. The van der Waals surface area contributed by atoms with Gasteiger partial charge in [-0.25, -0.2) is 0 Å². The summed E-state index contributed by atoms with van der Waals surface area (Å²) in [7, 11) is 1.10. The number of ether oxygens (including phenoxy) is 9. The predicted molar refractivity (Wildman–Crippen MR) is 208 cm³/mol. The van der Waals surface area contributed by atoms with Crippen LogP contribution in [0.5, 0.6) is 28.7 Å². The Hall–Kier alpha value is -4.03. The van der Waals surface area contributed by atoms with E-state index in [0.29, 0.717) is 0 Å². The smallest absolute Gasteiger partial charge is 0.239 e. The summed E-state index contributed by atoms with van der Waals surface area (Å²) in [6.45, 7) is 3.42. The van der Waals surface area contributed by atoms with E-state index in [2.05, 4.69) is 0 Å². The molecule has 3 aromatic rings. The second-order valence-electron chi connectivity index (χ2n) is 16.0. The molecule has 4 aliphatic heterocycles. The standard InChI is InChI=1S/C40H52O24/c1-11-20(42)26(48)30(52)37(57-11)56-10-18-23(45)29(51)36(64-39-32(54)28(50)22(44)13(3)59-39)40(62-18)63-35-25(47)19-16(60-33(35)14-5-7-15(41)8-6-14)9-17(34(55-4)24(19)46)61-38-31(53)27(49)21(43)12(2)58-38/h5-9,11-13,18,20-23,26-32,36-46,48-54H,10H2,1-4H3/t11-,12-,13-,18+,20-,21-,22-,23-,26+,27+,28+,29-,30+,31+,32+,36+,37+,38-,39-,40-/m0/s1. The lowest BCUT2D eigenvalue weighted by Crippen LogP contribution is -2.65. The van der Waals surface area contributed by atoms with Crippen LogP contribution >= 0.6 is 0 Å². The van der Waals surface area contributed by atoms with Crippen LogP contribution < -0.4 is 19.6 Å². The van der Waals surface area contributed by atoms with Gasteiger partial charge in [0.05, 0.1) is 32.0 Å². The first kappa shape index (κ1) is 47.9. The first-order valence-electron chi connectivity index (χ1n) is 20.1. The van der Waals surface area contributed by atoms with Gasteiger partial charge in [-0.15, -0.1) is 0 Å². The molecule has 0 aliphatic carbocycles. The number of methoxy groups -OCH3 is 1. The van der Waals surface area contributed by atoms with Crippen molar-refractivity contribution in [2.75, 3.05) is 13.7 Å². The average Bonchev–Trinajstić information content (AvgIpc) is 3.26. The zero-order valence-electron chi connectivity index (χ0n) is 34.4. The first-order chi connectivity index (χ1) is 30.2. The number of benzene rings is 2. The lowest BCUT2D eigenvalue weighted by molar-refractivity contribution is -0.360. The van der Waals surface area contributed by atoms with Crippen molar-refractivity contribution in [2.45, 2.75) is 144 Å². The fourth-order valence-corrected chi connectivity index (χ4v) is 7.73. The summed E-state index contributed by atoms with van der Waals surface area (Å²) in [5.41, 5.74) is -1.50. The molecule has 0 unspecified atom stereocenters. The number of hydrogen-bond acceptors (Lipinski definition) is 24. The summed E-state index contributed by atoms with van der Waals surface area (Å²) in [6, 6.07) is 6.15. The number of phenolic OH excluding ortho intramolecular Hbond substituents is 2. The number of rotatable bonds is 11. The second-order valence-corrected chi connectivity index (χ2v) is 16.0. The molecule has 0 bridgehead atoms. The van der Waals surface area contributed by atoms with E-state index in [-0.39, 0.29) is 17.1 Å². The molecular weight excluding hydrogens is 864 g/mol. The minimum absolute atomic E-state index is 0.0468. The molecule has 4 fully saturated rings. The van der Waals surface area contributed by atoms with Crippen LogP contribution in [-0.4, -0.2) is 203 Å². The van der Waals surface area contributed by atoms with Crippen LogP contribution in [0.4, 0.5) is 0 Å². The molecule has 0 radical (unpaired) electrons. The zero-order valence-corrected chi connectivity index (χ0v) is 34.4. The van der Waals surface area contributed by atoms with Gasteiger partial charge in [0.25, 0.3) is 0 Å². The molecule has 13 N–H and O–H groups in total. The van der Waals surface area contributed by atoms with Crippen molar-refractivity contribution in [3.05, 3.63) is 40.6 Å². The molecule has 2 aromatic carbocycles. The van der Waals surface area contributed by atoms with Crippen LogP contribution in [0.2, 0.25) is 0 Å². The van der Waals surface area contributed by atoms with E-state index in [1.807, 2.05) is 0 Å². The number of aliphatic hydroxyl groups is 11. The van der Waals surface area contributed by atoms with Crippen molar-refractivity contribution < 1.29 is 113 Å². The Balaban J connectivity index is 1.30. The maximum atomic E-state index is 14.7. The van der Waals surface area contributed by atoms with Crippen molar-refractivity contribution in [3.63, 3.8) is 0 Å². The normalized spacial score (nSPS) is 40.5. The molecule has 1 aromatic heterocycles. The molecule has 4 aliphatic rings. The maximum absolute atomic E-state index is 14.7. The minimum atomic E-state index is -2.08.